The molecule has 2 saturated heterocycles. The fourth-order valence-corrected chi connectivity index (χ4v) is 5.65. The van der Waals surface area contributed by atoms with E-state index in [1.165, 1.54) is 0 Å². The highest BCUT2D eigenvalue weighted by Crippen LogP contribution is 2.36. The molecule has 2 aromatic rings. The molecule has 1 aromatic carbocycles. The van der Waals surface area contributed by atoms with Crippen molar-refractivity contribution in [2.45, 2.75) is 31.7 Å². The van der Waals surface area contributed by atoms with Crippen LogP contribution in [0.2, 0.25) is 0 Å². The molecule has 0 radical (unpaired) electrons. The van der Waals surface area contributed by atoms with Gasteiger partial charge < -0.3 is 19.1 Å². The van der Waals surface area contributed by atoms with E-state index in [4.69, 9.17) is 4.74 Å². The molecule has 32 heavy (non-hydrogen) atoms. The number of nitrogens with zero attached hydrogens (tertiary/aromatic N) is 3. The van der Waals surface area contributed by atoms with E-state index in [1.54, 1.807) is 13.2 Å². The molecule has 0 saturated carbocycles. The van der Waals surface area contributed by atoms with Gasteiger partial charge >= 0.3 is 0 Å². The maximum Gasteiger partial charge on any atom is 0.250 e. The van der Waals surface area contributed by atoms with Crippen LogP contribution in [0, 0.1) is 11.8 Å². The number of fused-ring (bicyclic) bond motifs is 4. The predicted octanol–water partition coefficient (Wildman–Crippen LogP) is 1.89. The molecule has 7 heteroatoms. The molecule has 3 aliphatic rings. The first-order valence-electron chi connectivity index (χ1n) is 11.4. The summed E-state index contributed by atoms with van der Waals surface area (Å²) in [4.78, 5) is 42.0. The molecular weight excluding hydrogens is 406 g/mol. The van der Waals surface area contributed by atoms with Crippen LogP contribution >= 0.6 is 0 Å². The molecule has 0 aliphatic carbocycles. The van der Waals surface area contributed by atoms with Crippen LogP contribution in [0.5, 0.6) is 5.75 Å². The summed E-state index contributed by atoms with van der Waals surface area (Å²) in [5.41, 5.74) is 2.14. The second-order valence-corrected chi connectivity index (χ2v) is 9.24. The lowest BCUT2D eigenvalue weighted by molar-refractivity contribution is -0.138. The van der Waals surface area contributed by atoms with Gasteiger partial charge in [0.1, 0.15) is 5.75 Å². The van der Waals surface area contributed by atoms with Crippen LogP contribution in [-0.2, 0) is 22.6 Å². The molecule has 2 fully saturated rings. The number of likely N-dealkylation sites (tertiary alicyclic amines) is 2. The quantitative estimate of drug-likeness (QED) is 0.719. The van der Waals surface area contributed by atoms with Crippen molar-refractivity contribution < 1.29 is 14.3 Å². The van der Waals surface area contributed by atoms with E-state index in [2.05, 4.69) is 0 Å². The maximum atomic E-state index is 13.3. The zero-order valence-corrected chi connectivity index (χ0v) is 18.4. The van der Waals surface area contributed by atoms with Crippen LogP contribution in [0.4, 0.5) is 0 Å². The molecule has 2 bridgehead atoms. The lowest BCUT2D eigenvalue weighted by atomic mass is 9.82. The van der Waals surface area contributed by atoms with E-state index in [-0.39, 0.29) is 35.6 Å². The highest BCUT2D eigenvalue weighted by Gasteiger charge is 2.41. The van der Waals surface area contributed by atoms with Crippen molar-refractivity contribution in [3.8, 4) is 5.75 Å². The van der Waals surface area contributed by atoms with Crippen molar-refractivity contribution >= 4 is 11.8 Å². The summed E-state index contributed by atoms with van der Waals surface area (Å²) in [6.07, 6.45) is 2.00. The molecule has 0 unspecified atom stereocenters. The van der Waals surface area contributed by atoms with Crippen LogP contribution in [0.25, 0.3) is 0 Å². The normalized spacial score (nSPS) is 24.4. The molecule has 5 rings (SSSR count). The molecule has 3 aliphatic heterocycles. The van der Waals surface area contributed by atoms with Gasteiger partial charge in [-0.05, 0) is 36.5 Å². The van der Waals surface area contributed by atoms with Gasteiger partial charge in [0, 0.05) is 56.8 Å². The molecule has 0 N–H and O–H groups in total. The van der Waals surface area contributed by atoms with Crippen molar-refractivity contribution in [2.24, 2.45) is 11.8 Å². The zero-order valence-electron chi connectivity index (χ0n) is 18.4. The van der Waals surface area contributed by atoms with Gasteiger partial charge in [0.05, 0.1) is 13.0 Å². The molecule has 7 nitrogen and oxygen atoms in total. The first kappa shape index (κ1) is 20.8. The molecule has 168 valence electrons. The highest BCUT2D eigenvalue weighted by molar-refractivity contribution is 5.89. The predicted molar refractivity (Wildman–Crippen MR) is 120 cm³/mol. The van der Waals surface area contributed by atoms with E-state index >= 15 is 0 Å². The smallest absolute Gasteiger partial charge is 0.250 e. The van der Waals surface area contributed by atoms with E-state index in [1.807, 2.05) is 50.8 Å². The fourth-order valence-electron chi connectivity index (χ4n) is 5.65. The number of carbonyl (C=O) groups excluding carboxylic acids is 2. The number of piperidine rings is 1. The lowest BCUT2D eigenvalue weighted by Gasteiger charge is -2.43. The monoisotopic (exact) mass is 435 g/mol. The molecule has 4 heterocycles. The number of methoxy groups -OCH3 is 1. The van der Waals surface area contributed by atoms with Crippen molar-refractivity contribution in [3.05, 3.63) is 64.1 Å². The average molecular weight is 436 g/mol. The number of carbonyl (C=O) groups is 2. The molecule has 0 spiro atoms. The molecule has 2 amide bonds. The SMILES string of the molecule is COc1ccccc1CCN1C[C@H](C(=O)N2C[C@H]3C[C@@H](C2)c2cccc(=O)n2C3)CC1=O. The second-order valence-electron chi connectivity index (χ2n) is 9.24. The van der Waals surface area contributed by atoms with Crippen LogP contribution in [0.15, 0.2) is 47.3 Å². The van der Waals surface area contributed by atoms with Gasteiger partial charge in [0.25, 0.3) is 5.56 Å². The zero-order chi connectivity index (χ0) is 22.2. The van der Waals surface area contributed by atoms with Crippen LogP contribution in [-0.4, -0.2) is 59.5 Å². The lowest BCUT2D eigenvalue weighted by Crippen LogP contribution is -2.50. The Hall–Kier alpha value is -3.09. The Morgan fingerprint density at radius 3 is 2.72 bits per heavy atom. The number of benzene rings is 1. The van der Waals surface area contributed by atoms with Gasteiger partial charge in [-0.25, -0.2) is 0 Å². The van der Waals surface area contributed by atoms with Crippen molar-refractivity contribution in [2.75, 3.05) is 33.3 Å². The summed E-state index contributed by atoms with van der Waals surface area (Å²) in [6.45, 7) is 3.04. The Labute approximate surface area is 187 Å². The number of ether oxygens (including phenoxy) is 1. The van der Waals surface area contributed by atoms with Gasteiger partial charge in [0.15, 0.2) is 0 Å². The molecular formula is C25H29N3O4. The Bertz CT molecular complexity index is 1090. The topological polar surface area (TPSA) is 71.8 Å². The average Bonchev–Trinajstić information content (AvgIpc) is 3.18. The van der Waals surface area contributed by atoms with Crippen molar-refractivity contribution in [1.29, 1.82) is 0 Å². The summed E-state index contributed by atoms with van der Waals surface area (Å²) in [6, 6.07) is 13.3. The summed E-state index contributed by atoms with van der Waals surface area (Å²) in [5, 5.41) is 0. The minimum Gasteiger partial charge on any atom is -0.496 e. The number of hydrogen-bond donors (Lipinski definition) is 0. The number of amides is 2. The number of pyridine rings is 1. The van der Waals surface area contributed by atoms with Crippen molar-refractivity contribution in [1.82, 2.24) is 14.4 Å². The Morgan fingerprint density at radius 1 is 1.03 bits per heavy atom. The Balaban J connectivity index is 1.23. The number of para-hydroxylation sites is 1. The minimum absolute atomic E-state index is 0.0454. The maximum absolute atomic E-state index is 13.3. The third kappa shape index (κ3) is 3.80. The Kier molecular flexibility index (Phi) is 5.49. The number of rotatable bonds is 5. The van der Waals surface area contributed by atoms with Gasteiger partial charge in [-0.15, -0.1) is 0 Å². The van der Waals surface area contributed by atoms with Crippen molar-refractivity contribution in [3.63, 3.8) is 0 Å². The summed E-state index contributed by atoms with van der Waals surface area (Å²) in [5.74, 6) is 1.16. The first-order chi connectivity index (χ1) is 15.5. The van der Waals surface area contributed by atoms with Crippen LogP contribution in [0.1, 0.15) is 30.0 Å². The summed E-state index contributed by atoms with van der Waals surface area (Å²) >= 11 is 0. The fraction of sp³-hybridized carbons (Fsp3) is 0.480. The van der Waals surface area contributed by atoms with Gasteiger partial charge in [-0.1, -0.05) is 24.3 Å². The van der Waals surface area contributed by atoms with Crippen LogP contribution in [0.3, 0.4) is 0 Å². The Morgan fingerprint density at radius 2 is 1.88 bits per heavy atom. The molecule has 3 atom stereocenters. The van der Waals surface area contributed by atoms with Gasteiger partial charge in [0.2, 0.25) is 11.8 Å². The summed E-state index contributed by atoms with van der Waals surface area (Å²) < 4.78 is 7.28. The van der Waals surface area contributed by atoms with E-state index < -0.39 is 0 Å². The first-order valence-corrected chi connectivity index (χ1v) is 11.4. The second kappa shape index (κ2) is 8.45. The van der Waals surface area contributed by atoms with Crippen LogP contribution < -0.4 is 10.3 Å². The molecule has 1 aromatic heterocycles. The number of hydrogen-bond acceptors (Lipinski definition) is 4. The van der Waals surface area contributed by atoms with E-state index in [9.17, 15) is 14.4 Å². The third-order valence-corrected chi connectivity index (χ3v) is 7.20. The summed E-state index contributed by atoms with van der Waals surface area (Å²) in [7, 11) is 1.65. The van der Waals surface area contributed by atoms with E-state index in [0.29, 0.717) is 45.1 Å². The van der Waals surface area contributed by atoms with E-state index in [0.717, 1.165) is 23.4 Å². The number of aromatic nitrogens is 1. The highest BCUT2D eigenvalue weighted by atomic mass is 16.5. The largest absolute Gasteiger partial charge is 0.496 e. The van der Waals surface area contributed by atoms with Gasteiger partial charge in [-0.2, -0.15) is 0 Å². The standard InChI is InChI=1S/C25H29N3O4/c1-32-22-7-3-2-5-18(22)9-10-26-16-20(12-24(26)30)25(31)27-13-17-11-19(15-27)21-6-4-8-23(29)28(21)14-17/h2-8,17,19-20H,9-16H2,1H3/t17-,19+,20-/m1/s1. The van der Waals surface area contributed by atoms with Gasteiger partial charge in [-0.3, -0.25) is 14.4 Å². The third-order valence-electron chi connectivity index (χ3n) is 7.20. The minimum atomic E-state index is -0.281.